The lowest BCUT2D eigenvalue weighted by molar-refractivity contribution is 0.0734. The number of hydrogen-bond donors (Lipinski definition) is 1. The molecule has 2 aromatic rings. The standard InChI is InChI=1S/C22H28NO6PS/c1-3-26-30(27-4-2)28-15-6-5-14-25-20-9-7-8-18(16-20)22(24)29-19-12-10-17(11-13-19)21(23)31/h7-13,16H,3-6,14-15H2,1-2H3,(H2,23,31). The molecule has 9 heteroatoms. The molecule has 2 rings (SSSR count). The van der Waals surface area contributed by atoms with Crippen molar-refractivity contribution in [2.75, 3.05) is 26.4 Å². The molecule has 168 valence electrons. The van der Waals surface area contributed by atoms with Crippen LogP contribution in [0.2, 0.25) is 0 Å². The van der Waals surface area contributed by atoms with Gasteiger partial charge in [-0.25, -0.2) is 4.79 Å². The Hall–Kier alpha value is -2.09. The maximum Gasteiger partial charge on any atom is 0.343 e. The van der Waals surface area contributed by atoms with Crippen LogP contribution in [0.4, 0.5) is 0 Å². The second-order valence-corrected chi connectivity index (χ2v) is 7.92. The molecular weight excluding hydrogens is 437 g/mol. The summed E-state index contributed by atoms with van der Waals surface area (Å²) in [6.45, 7) is 5.96. The van der Waals surface area contributed by atoms with Crippen LogP contribution in [0.25, 0.3) is 0 Å². The number of nitrogens with two attached hydrogens (primary N) is 1. The lowest BCUT2D eigenvalue weighted by atomic mass is 10.2. The van der Waals surface area contributed by atoms with E-state index in [9.17, 15) is 4.79 Å². The highest BCUT2D eigenvalue weighted by Gasteiger charge is 2.11. The predicted octanol–water partition coefficient (Wildman–Crippen LogP) is 5.02. The minimum Gasteiger partial charge on any atom is -0.494 e. The van der Waals surface area contributed by atoms with Crippen molar-refractivity contribution in [2.24, 2.45) is 5.73 Å². The summed E-state index contributed by atoms with van der Waals surface area (Å²) in [5, 5.41) is 0. The van der Waals surface area contributed by atoms with Gasteiger partial charge in [0.1, 0.15) is 16.5 Å². The number of carbonyl (C=O) groups excluding carboxylic acids is 1. The SMILES string of the molecule is CCOP(OCC)OCCCCOc1cccc(C(=O)Oc2ccc(C(N)=S)cc2)c1. The van der Waals surface area contributed by atoms with E-state index in [1.165, 1.54) is 0 Å². The van der Waals surface area contributed by atoms with Crippen LogP contribution in [-0.2, 0) is 13.6 Å². The van der Waals surface area contributed by atoms with Gasteiger partial charge in [0, 0.05) is 5.56 Å². The zero-order valence-electron chi connectivity index (χ0n) is 17.7. The molecule has 7 nitrogen and oxygen atoms in total. The third-order valence-corrected chi connectivity index (χ3v) is 5.46. The normalized spacial score (nSPS) is 10.8. The van der Waals surface area contributed by atoms with Crippen molar-refractivity contribution in [3.05, 3.63) is 59.7 Å². The van der Waals surface area contributed by atoms with Crippen LogP contribution in [0, 0.1) is 0 Å². The summed E-state index contributed by atoms with van der Waals surface area (Å²) >= 11 is 4.91. The zero-order valence-corrected chi connectivity index (χ0v) is 19.5. The zero-order chi connectivity index (χ0) is 22.5. The Bertz CT molecular complexity index is 827. The van der Waals surface area contributed by atoms with Gasteiger partial charge in [-0.15, -0.1) is 0 Å². The van der Waals surface area contributed by atoms with Crippen LogP contribution in [0.15, 0.2) is 48.5 Å². The molecule has 31 heavy (non-hydrogen) atoms. The van der Waals surface area contributed by atoms with Crippen LogP contribution in [0.5, 0.6) is 11.5 Å². The number of thiocarbonyl (C=S) groups is 1. The van der Waals surface area contributed by atoms with Gasteiger partial charge in [0.05, 0.1) is 32.0 Å². The first-order valence-electron chi connectivity index (χ1n) is 10.1. The molecule has 0 aliphatic rings. The van der Waals surface area contributed by atoms with Gasteiger partial charge < -0.3 is 28.8 Å². The van der Waals surface area contributed by atoms with E-state index in [1.807, 2.05) is 13.8 Å². The fourth-order valence-corrected chi connectivity index (χ4v) is 3.48. The average molecular weight is 466 g/mol. The highest BCUT2D eigenvalue weighted by atomic mass is 32.1. The van der Waals surface area contributed by atoms with Gasteiger partial charge >= 0.3 is 14.6 Å². The Morgan fingerprint density at radius 2 is 1.58 bits per heavy atom. The van der Waals surface area contributed by atoms with Crippen LogP contribution in [0.3, 0.4) is 0 Å². The highest BCUT2D eigenvalue weighted by Crippen LogP contribution is 2.39. The predicted molar refractivity (Wildman–Crippen MR) is 125 cm³/mol. The minimum atomic E-state index is -1.27. The fraction of sp³-hybridized carbons (Fsp3) is 0.364. The maximum atomic E-state index is 12.4. The Morgan fingerprint density at radius 1 is 0.903 bits per heavy atom. The minimum absolute atomic E-state index is 0.290. The van der Waals surface area contributed by atoms with Crippen molar-refractivity contribution in [1.82, 2.24) is 0 Å². The molecule has 0 fully saturated rings. The first-order valence-corrected chi connectivity index (χ1v) is 11.6. The molecule has 0 spiro atoms. The molecule has 0 saturated carbocycles. The Balaban J connectivity index is 1.75. The van der Waals surface area contributed by atoms with Crippen LogP contribution >= 0.6 is 20.8 Å². The number of ether oxygens (including phenoxy) is 2. The molecule has 0 aliphatic carbocycles. The van der Waals surface area contributed by atoms with E-state index in [0.717, 1.165) is 12.8 Å². The van der Waals surface area contributed by atoms with Gasteiger partial charge in [-0.3, -0.25) is 0 Å². The quantitative estimate of drug-likeness (QED) is 0.137. The van der Waals surface area contributed by atoms with E-state index in [-0.39, 0.29) is 0 Å². The first kappa shape index (κ1) is 25.2. The fourth-order valence-electron chi connectivity index (χ4n) is 2.42. The number of carbonyl (C=O) groups is 1. The number of esters is 1. The molecule has 0 aromatic heterocycles. The molecule has 0 atom stereocenters. The van der Waals surface area contributed by atoms with Crippen LogP contribution in [0.1, 0.15) is 42.6 Å². The van der Waals surface area contributed by atoms with Crippen molar-refractivity contribution in [1.29, 1.82) is 0 Å². The number of benzene rings is 2. The van der Waals surface area contributed by atoms with Crippen molar-refractivity contribution in [3.8, 4) is 11.5 Å². The summed E-state index contributed by atoms with van der Waals surface area (Å²) in [4.78, 5) is 12.7. The van der Waals surface area contributed by atoms with Gasteiger partial charge in [0.15, 0.2) is 0 Å². The Morgan fingerprint density at radius 3 is 2.23 bits per heavy atom. The van der Waals surface area contributed by atoms with Crippen LogP contribution < -0.4 is 15.2 Å². The van der Waals surface area contributed by atoms with Crippen molar-refractivity contribution in [3.63, 3.8) is 0 Å². The third-order valence-electron chi connectivity index (χ3n) is 3.89. The second kappa shape index (κ2) is 14.1. The van der Waals surface area contributed by atoms with Crippen molar-refractivity contribution in [2.45, 2.75) is 26.7 Å². The topological polar surface area (TPSA) is 89.2 Å². The molecule has 0 heterocycles. The van der Waals surface area contributed by atoms with Crippen LogP contribution in [-0.4, -0.2) is 37.4 Å². The van der Waals surface area contributed by atoms with Gasteiger partial charge in [0.2, 0.25) is 0 Å². The average Bonchev–Trinajstić information content (AvgIpc) is 2.77. The Labute approximate surface area is 189 Å². The third kappa shape index (κ3) is 9.29. The summed E-state index contributed by atoms with van der Waals surface area (Å²) in [7, 11) is -1.27. The number of unbranched alkanes of at least 4 members (excludes halogenated alkanes) is 1. The first-order chi connectivity index (χ1) is 15.0. The van der Waals surface area contributed by atoms with Gasteiger partial charge in [-0.1, -0.05) is 18.3 Å². The molecule has 0 amide bonds. The highest BCUT2D eigenvalue weighted by molar-refractivity contribution is 7.80. The molecule has 0 radical (unpaired) electrons. The lowest BCUT2D eigenvalue weighted by Gasteiger charge is -2.14. The van der Waals surface area contributed by atoms with E-state index in [0.29, 0.717) is 54.0 Å². The molecule has 0 aliphatic heterocycles. The number of rotatable bonds is 14. The van der Waals surface area contributed by atoms with Gasteiger partial charge in [-0.05, 0) is 69.2 Å². The summed E-state index contributed by atoms with van der Waals surface area (Å²) in [6, 6.07) is 13.6. The molecular formula is C22H28NO6PS. The summed E-state index contributed by atoms with van der Waals surface area (Å²) in [5.41, 5.74) is 6.68. The van der Waals surface area contributed by atoms with Gasteiger partial charge in [0.25, 0.3) is 0 Å². The van der Waals surface area contributed by atoms with Crippen molar-refractivity contribution < 1.29 is 27.8 Å². The second-order valence-electron chi connectivity index (χ2n) is 6.25. The van der Waals surface area contributed by atoms with E-state index < -0.39 is 14.6 Å². The Kier molecular flexibility index (Phi) is 11.4. The molecule has 2 N–H and O–H groups in total. The maximum absolute atomic E-state index is 12.4. The van der Waals surface area contributed by atoms with Crippen molar-refractivity contribution >= 4 is 31.8 Å². The molecule has 0 unspecified atom stereocenters. The largest absolute Gasteiger partial charge is 0.494 e. The van der Waals surface area contributed by atoms with E-state index >= 15 is 0 Å². The smallest absolute Gasteiger partial charge is 0.343 e. The molecule has 0 saturated heterocycles. The summed E-state index contributed by atoms with van der Waals surface area (Å²) in [5.74, 6) is 0.544. The van der Waals surface area contributed by atoms with E-state index in [4.69, 9.17) is 41.0 Å². The lowest BCUT2D eigenvalue weighted by Crippen LogP contribution is -2.11. The summed E-state index contributed by atoms with van der Waals surface area (Å²) in [6.07, 6.45) is 1.61. The summed E-state index contributed by atoms with van der Waals surface area (Å²) < 4.78 is 27.5. The monoisotopic (exact) mass is 465 g/mol. The van der Waals surface area contributed by atoms with E-state index in [2.05, 4.69) is 0 Å². The van der Waals surface area contributed by atoms with E-state index in [1.54, 1.807) is 48.5 Å². The number of hydrogen-bond acceptors (Lipinski definition) is 7. The molecule has 2 aromatic carbocycles. The molecule has 0 bridgehead atoms. The van der Waals surface area contributed by atoms with Gasteiger partial charge in [-0.2, -0.15) is 0 Å².